The van der Waals surface area contributed by atoms with Gasteiger partial charge in [-0.3, -0.25) is 0 Å². The number of hydrogen-bond acceptors (Lipinski definition) is 4. The summed E-state index contributed by atoms with van der Waals surface area (Å²) < 4.78 is 64.9. The van der Waals surface area contributed by atoms with E-state index in [2.05, 4.69) is 4.40 Å². The molecule has 9 heteroatoms. The molecule has 0 amide bonds. The molecule has 0 radical (unpaired) electrons. The van der Waals surface area contributed by atoms with E-state index in [1.54, 1.807) is 0 Å². The summed E-state index contributed by atoms with van der Waals surface area (Å²) in [5, 5.41) is 11.4. The van der Waals surface area contributed by atoms with E-state index in [1.165, 1.54) is 0 Å². The van der Waals surface area contributed by atoms with Gasteiger partial charge in [0.05, 0.1) is 12.2 Å². The first-order valence-electron chi connectivity index (χ1n) is 4.94. The number of rotatable bonds is 2. The number of halogens is 3. The summed E-state index contributed by atoms with van der Waals surface area (Å²) in [5.41, 5.74) is -5.53. The number of alkyl halides is 3. The molecule has 3 atom stereocenters. The molecule has 2 saturated heterocycles. The number of sulfonamides is 1. The third-order valence-corrected chi connectivity index (χ3v) is 3.93. The van der Waals surface area contributed by atoms with Crippen molar-refractivity contribution in [1.29, 1.82) is 0 Å². The maximum absolute atomic E-state index is 12.0. The van der Waals surface area contributed by atoms with E-state index in [1.807, 2.05) is 0 Å². The van der Waals surface area contributed by atoms with Crippen molar-refractivity contribution in [3.63, 3.8) is 0 Å². The van der Waals surface area contributed by atoms with Gasteiger partial charge >= 0.3 is 15.5 Å². The maximum atomic E-state index is 12.0. The van der Waals surface area contributed by atoms with Gasteiger partial charge in [0.25, 0.3) is 0 Å². The van der Waals surface area contributed by atoms with E-state index in [4.69, 9.17) is 4.74 Å². The Kier molecular flexibility index (Phi) is 2.85. The number of fused-ring (bicyclic) bond motifs is 2. The first-order valence-corrected chi connectivity index (χ1v) is 6.38. The number of nitrogens with zero attached hydrogens (tertiary/aromatic N) is 1. The van der Waals surface area contributed by atoms with Gasteiger partial charge in [-0.25, -0.2) is 0 Å². The van der Waals surface area contributed by atoms with Crippen molar-refractivity contribution in [2.45, 2.75) is 37.0 Å². The first-order chi connectivity index (χ1) is 7.71. The van der Waals surface area contributed by atoms with Gasteiger partial charge in [-0.15, -0.1) is 0 Å². The minimum Gasteiger partial charge on any atom is -0.861 e. The summed E-state index contributed by atoms with van der Waals surface area (Å²) >= 11 is 0. The summed E-state index contributed by atoms with van der Waals surface area (Å²) in [6, 6.07) is 0. The molecule has 0 aromatic rings. The Morgan fingerprint density at radius 1 is 1.35 bits per heavy atom. The third-order valence-electron chi connectivity index (χ3n) is 2.93. The fraction of sp³-hybridized carbons (Fsp3) is 0.875. The lowest BCUT2D eigenvalue weighted by Crippen LogP contribution is -2.36. The van der Waals surface area contributed by atoms with E-state index in [0.717, 1.165) is 6.42 Å². The van der Waals surface area contributed by atoms with Gasteiger partial charge in [0.2, 0.25) is 0 Å². The summed E-state index contributed by atoms with van der Waals surface area (Å²) in [6.45, 7) is 0. The summed E-state index contributed by atoms with van der Waals surface area (Å²) in [7, 11) is -5.73. The molecule has 2 aliphatic rings. The van der Waals surface area contributed by atoms with Crippen molar-refractivity contribution >= 4 is 15.9 Å². The lowest BCUT2D eigenvalue weighted by atomic mass is 9.89. The molecular formula is C8H9F3NO4S-. The Bertz CT molecular complexity index is 444. The molecular weight excluding hydrogens is 263 g/mol. The highest BCUT2D eigenvalue weighted by atomic mass is 32.2. The molecule has 0 aliphatic carbocycles. The van der Waals surface area contributed by atoms with Crippen LogP contribution < -0.4 is 5.11 Å². The molecule has 98 valence electrons. The van der Waals surface area contributed by atoms with Crippen molar-refractivity contribution in [3.8, 4) is 0 Å². The fourth-order valence-corrected chi connectivity index (χ4v) is 2.61. The second-order valence-corrected chi connectivity index (χ2v) is 5.66. The van der Waals surface area contributed by atoms with E-state index >= 15 is 0 Å². The molecule has 0 aromatic carbocycles. The topological polar surface area (TPSA) is 78.8 Å². The molecule has 0 spiro atoms. The minimum absolute atomic E-state index is 0.155. The van der Waals surface area contributed by atoms with Crippen molar-refractivity contribution in [1.82, 2.24) is 0 Å². The van der Waals surface area contributed by atoms with Gasteiger partial charge in [-0.1, -0.05) is 0 Å². The Morgan fingerprint density at radius 3 is 2.41 bits per heavy atom. The lowest BCUT2D eigenvalue weighted by Gasteiger charge is -2.24. The molecule has 5 nitrogen and oxygen atoms in total. The minimum atomic E-state index is -5.73. The molecule has 3 unspecified atom stereocenters. The Hall–Kier alpha value is -0.830. The predicted molar refractivity (Wildman–Crippen MR) is 48.4 cm³/mol. The highest BCUT2D eigenvalue weighted by molar-refractivity contribution is 7.91. The molecule has 2 heterocycles. The van der Waals surface area contributed by atoms with Crippen LogP contribution in [0.4, 0.5) is 13.2 Å². The second kappa shape index (κ2) is 3.84. The van der Waals surface area contributed by atoms with Crippen LogP contribution in [0.1, 0.15) is 19.3 Å². The molecule has 17 heavy (non-hydrogen) atoms. The van der Waals surface area contributed by atoms with Crippen LogP contribution in [-0.4, -0.2) is 32.0 Å². The van der Waals surface area contributed by atoms with E-state index in [0.29, 0.717) is 6.42 Å². The van der Waals surface area contributed by atoms with Gasteiger partial charge in [-0.05, 0) is 25.2 Å². The molecule has 0 aromatic heterocycles. The second-order valence-electron chi connectivity index (χ2n) is 4.07. The SMILES string of the molecule is O=S(=O)(/N=C(\[O-])C1CC2CCC1O2)C(F)(F)F. The monoisotopic (exact) mass is 272 g/mol. The number of hydrogen-bond donors (Lipinski definition) is 0. The standard InChI is InChI=1S/C8H10F3NO4S/c9-8(10,11)17(14,15)12-7(13)5-3-4-1-2-6(5)16-4/h4-6H,1-3H2,(H,12,13)/p-1. The van der Waals surface area contributed by atoms with Gasteiger partial charge < -0.3 is 9.84 Å². The van der Waals surface area contributed by atoms with Gasteiger partial charge in [-0.2, -0.15) is 26.0 Å². The van der Waals surface area contributed by atoms with Crippen molar-refractivity contribution in [3.05, 3.63) is 0 Å². The fourth-order valence-electron chi connectivity index (χ4n) is 2.14. The Balaban J connectivity index is 2.18. The highest BCUT2D eigenvalue weighted by Crippen LogP contribution is 2.39. The number of ether oxygens (including phenoxy) is 1. The van der Waals surface area contributed by atoms with Crippen LogP contribution in [0.5, 0.6) is 0 Å². The van der Waals surface area contributed by atoms with Crippen LogP contribution in [0.3, 0.4) is 0 Å². The van der Waals surface area contributed by atoms with Crippen LogP contribution in [0, 0.1) is 5.92 Å². The molecule has 0 saturated carbocycles. The summed E-state index contributed by atoms with van der Waals surface area (Å²) in [6.07, 6.45) is 0.918. The van der Waals surface area contributed by atoms with Crippen LogP contribution in [0.2, 0.25) is 0 Å². The van der Waals surface area contributed by atoms with Crippen molar-refractivity contribution < 1.29 is 31.4 Å². The zero-order valence-corrected chi connectivity index (χ0v) is 9.29. The highest BCUT2D eigenvalue weighted by Gasteiger charge is 2.47. The quantitative estimate of drug-likeness (QED) is 0.530. The van der Waals surface area contributed by atoms with E-state index in [-0.39, 0.29) is 12.5 Å². The molecule has 2 rings (SSSR count). The van der Waals surface area contributed by atoms with E-state index in [9.17, 15) is 26.7 Å². The van der Waals surface area contributed by atoms with Gasteiger partial charge in [0.15, 0.2) is 0 Å². The molecule has 2 aliphatic heterocycles. The molecule has 0 N–H and O–H groups in total. The van der Waals surface area contributed by atoms with Crippen molar-refractivity contribution in [2.24, 2.45) is 10.3 Å². The van der Waals surface area contributed by atoms with Crippen LogP contribution in [0.15, 0.2) is 4.40 Å². The van der Waals surface area contributed by atoms with E-state index < -0.39 is 33.5 Å². The van der Waals surface area contributed by atoms with Gasteiger partial charge in [0.1, 0.15) is 0 Å². The zero-order valence-electron chi connectivity index (χ0n) is 8.48. The average molecular weight is 272 g/mol. The van der Waals surface area contributed by atoms with Crippen LogP contribution >= 0.6 is 0 Å². The Morgan fingerprint density at radius 2 is 2.00 bits per heavy atom. The maximum Gasteiger partial charge on any atom is 0.518 e. The largest absolute Gasteiger partial charge is 0.861 e. The lowest BCUT2D eigenvalue weighted by molar-refractivity contribution is -0.224. The molecule has 2 bridgehead atoms. The Labute approximate surface area is 95.3 Å². The van der Waals surface area contributed by atoms with Crippen LogP contribution in [-0.2, 0) is 14.8 Å². The normalized spacial score (nSPS) is 34.3. The third kappa shape index (κ3) is 2.25. The van der Waals surface area contributed by atoms with Crippen LogP contribution in [0.25, 0.3) is 0 Å². The zero-order chi connectivity index (χ0) is 12.8. The van der Waals surface area contributed by atoms with Gasteiger partial charge in [0, 0.05) is 5.92 Å². The molecule has 2 fully saturated rings. The summed E-state index contributed by atoms with van der Waals surface area (Å²) in [4.78, 5) is 0. The average Bonchev–Trinajstić information content (AvgIpc) is 2.75. The predicted octanol–water partition coefficient (Wildman–Crippen LogP) is 0.162. The summed E-state index contributed by atoms with van der Waals surface area (Å²) in [5.74, 6) is -2.11. The van der Waals surface area contributed by atoms with Crippen molar-refractivity contribution in [2.75, 3.05) is 0 Å². The first kappa shape index (κ1) is 12.6. The smallest absolute Gasteiger partial charge is 0.518 e.